The van der Waals surface area contributed by atoms with Crippen LogP contribution in [0.5, 0.6) is 0 Å². The summed E-state index contributed by atoms with van der Waals surface area (Å²) in [4.78, 5) is 12.8. The predicted molar refractivity (Wildman–Crippen MR) is 94.4 cm³/mol. The molecule has 4 aromatic rings. The number of hydrogen-bond acceptors (Lipinski definition) is 2. The molecule has 4 rings (SSSR count). The number of carbonyl (C=O) groups excluding carboxylic acids is 1. The molecule has 0 aliphatic carbocycles. The number of nitrogens with one attached hydrogen (secondary N) is 1. The standard InChI is InChI=1S/C19H16N4O/c1-22-19(23-11-4-5-12-23)16(13-20-22)18(24)21-17-10-6-8-14-7-2-3-9-15(14)17/h2-13H,1H3,(H,21,24). The number of aryl methyl sites for hydroxylation is 1. The lowest BCUT2D eigenvalue weighted by Crippen LogP contribution is -2.15. The van der Waals surface area contributed by atoms with Crippen molar-refractivity contribution in [3.05, 3.63) is 78.8 Å². The van der Waals surface area contributed by atoms with Crippen molar-refractivity contribution in [2.75, 3.05) is 5.32 Å². The topological polar surface area (TPSA) is 51.9 Å². The van der Waals surface area contributed by atoms with Gasteiger partial charge < -0.3 is 9.88 Å². The first kappa shape index (κ1) is 14.3. The summed E-state index contributed by atoms with van der Waals surface area (Å²) >= 11 is 0. The molecule has 0 bridgehead atoms. The summed E-state index contributed by atoms with van der Waals surface area (Å²) in [7, 11) is 1.82. The van der Waals surface area contributed by atoms with Crippen LogP contribution in [-0.2, 0) is 7.05 Å². The second kappa shape index (κ2) is 5.70. The number of rotatable bonds is 3. The summed E-state index contributed by atoms with van der Waals surface area (Å²) in [5, 5.41) is 9.35. The summed E-state index contributed by atoms with van der Waals surface area (Å²) < 4.78 is 3.57. The Hall–Kier alpha value is -3.34. The van der Waals surface area contributed by atoms with E-state index in [4.69, 9.17) is 0 Å². The molecule has 0 spiro atoms. The zero-order valence-corrected chi connectivity index (χ0v) is 13.2. The number of fused-ring (bicyclic) bond motifs is 1. The monoisotopic (exact) mass is 316 g/mol. The molecule has 0 radical (unpaired) electrons. The Bertz CT molecular complexity index is 1010. The average molecular weight is 316 g/mol. The van der Waals surface area contributed by atoms with Crippen LogP contribution in [0, 0.1) is 0 Å². The number of anilines is 1. The molecule has 1 N–H and O–H groups in total. The van der Waals surface area contributed by atoms with Gasteiger partial charge in [0.05, 0.1) is 6.20 Å². The van der Waals surface area contributed by atoms with Gasteiger partial charge in [0.25, 0.3) is 5.91 Å². The molecule has 0 unspecified atom stereocenters. The predicted octanol–water partition coefficient (Wildman–Crippen LogP) is 3.62. The average Bonchev–Trinajstić information content (AvgIpc) is 3.24. The second-order valence-corrected chi connectivity index (χ2v) is 5.58. The Morgan fingerprint density at radius 2 is 1.75 bits per heavy atom. The van der Waals surface area contributed by atoms with Crippen molar-refractivity contribution in [3.63, 3.8) is 0 Å². The van der Waals surface area contributed by atoms with Gasteiger partial charge in [-0.25, -0.2) is 0 Å². The maximum Gasteiger partial charge on any atom is 0.261 e. The molecule has 0 aliphatic rings. The second-order valence-electron chi connectivity index (χ2n) is 5.58. The number of benzene rings is 2. The first-order valence-corrected chi connectivity index (χ1v) is 7.68. The molecule has 118 valence electrons. The van der Waals surface area contributed by atoms with E-state index in [1.807, 2.05) is 78.6 Å². The van der Waals surface area contributed by atoms with Crippen molar-refractivity contribution >= 4 is 22.4 Å². The van der Waals surface area contributed by atoms with Crippen LogP contribution in [0.1, 0.15) is 10.4 Å². The molecular weight excluding hydrogens is 300 g/mol. The lowest BCUT2D eigenvalue weighted by molar-refractivity contribution is 0.102. The molecule has 24 heavy (non-hydrogen) atoms. The van der Waals surface area contributed by atoms with Crippen molar-refractivity contribution in [2.45, 2.75) is 0 Å². The third kappa shape index (κ3) is 2.36. The molecule has 0 saturated heterocycles. The van der Waals surface area contributed by atoms with E-state index in [2.05, 4.69) is 10.4 Å². The van der Waals surface area contributed by atoms with E-state index in [9.17, 15) is 4.79 Å². The molecule has 1 amide bonds. The molecule has 2 aromatic heterocycles. The van der Waals surface area contributed by atoms with Gasteiger partial charge >= 0.3 is 0 Å². The van der Waals surface area contributed by atoms with Gasteiger partial charge in [0, 0.05) is 30.5 Å². The van der Waals surface area contributed by atoms with Crippen LogP contribution in [0.2, 0.25) is 0 Å². The van der Waals surface area contributed by atoms with E-state index in [0.717, 1.165) is 22.3 Å². The summed E-state index contributed by atoms with van der Waals surface area (Å²) in [6.45, 7) is 0. The minimum atomic E-state index is -0.178. The van der Waals surface area contributed by atoms with Gasteiger partial charge in [0.15, 0.2) is 0 Å². The smallest absolute Gasteiger partial charge is 0.261 e. The quantitative estimate of drug-likeness (QED) is 0.627. The Morgan fingerprint density at radius 1 is 1.00 bits per heavy atom. The molecular formula is C19H16N4O. The fourth-order valence-electron chi connectivity index (χ4n) is 2.90. The number of carbonyl (C=O) groups is 1. The van der Waals surface area contributed by atoms with Gasteiger partial charge in [-0.15, -0.1) is 0 Å². The van der Waals surface area contributed by atoms with Crippen LogP contribution >= 0.6 is 0 Å². The summed E-state index contributed by atoms with van der Waals surface area (Å²) in [6.07, 6.45) is 5.38. The number of aromatic nitrogens is 3. The van der Waals surface area contributed by atoms with Crippen molar-refractivity contribution in [1.82, 2.24) is 14.3 Å². The lowest BCUT2D eigenvalue weighted by Gasteiger charge is -2.10. The molecule has 0 aliphatic heterocycles. The Balaban J connectivity index is 1.73. The molecule has 0 atom stereocenters. The zero-order valence-electron chi connectivity index (χ0n) is 13.2. The Kier molecular flexibility index (Phi) is 3.39. The molecule has 5 nitrogen and oxygen atoms in total. The molecule has 0 saturated carbocycles. The van der Waals surface area contributed by atoms with Crippen LogP contribution in [0.4, 0.5) is 5.69 Å². The molecule has 5 heteroatoms. The van der Waals surface area contributed by atoms with Gasteiger partial charge in [-0.3, -0.25) is 9.48 Å². The number of amides is 1. The zero-order chi connectivity index (χ0) is 16.5. The van der Waals surface area contributed by atoms with E-state index in [1.54, 1.807) is 10.9 Å². The third-order valence-electron chi connectivity index (χ3n) is 4.04. The number of hydrogen-bond donors (Lipinski definition) is 1. The lowest BCUT2D eigenvalue weighted by atomic mass is 10.1. The SMILES string of the molecule is Cn1ncc(C(=O)Nc2cccc3ccccc23)c1-n1cccc1. The maximum atomic E-state index is 12.8. The molecule has 2 heterocycles. The van der Waals surface area contributed by atoms with E-state index in [1.165, 1.54) is 0 Å². The highest BCUT2D eigenvalue weighted by atomic mass is 16.1. The largest absolute Gasteiger partial charge is 0.321 e. The van der Waals surface area contributed by atoms with E-state index < -0.39 is 0 Å². The fourth-order valence-corrected chi connectivity index (χ4v) is 2.90. The molecule has 2 aromatic carbocycles. The highest BCUT2D eigenvalue weighted by Gasteiger charge is 2.18. The van der Waals surface area contributed by atoms with Crippen LogP contribution in [0.15, 0.2) is 73.2 Å². The van der Waals surface area contributed by atoms with Crippen LogP contribution in [-0.4, -0.2) is 20.3 Å². The van der Waals surface area contributed by atoms with Gasteiger partial charge in [-0.05, 0) is 23.6 Å². The maximum absolute atomic E-state index is 12.8. The summed E-state index contributed by atoms with van der Waals surface area (Å²) in [5.41, 5.74) is 1.32. The summed E-state index contributed by atoms with van der Waals surface area (Å²) in [6, 6.07) is 17.7. The van der Waals surface area contributed by atoms with Crippen LogP contribution in [0.3, 0.4) is 0 Å². The van der Waals surface area contributed by atoms with Gasteiger partial charge in [-0.1, -0.05) is 36.4 Å². The van der Waals surface area contributed by atoms with Gasteiger partial charge in [0.1, 0.15) is 11.4 Å². The van der Waals surface area contributed by atoms with Gasteiger partial charge in [-0.2, -0.15) is 5.10 Å². The summed E-state index contributed by atoms with van der Waals surface area (Å²) in [5.74, 6) is 0.556. The Morgan fingerprint density at radius 3 is 2.58 bits per heavy atom. The highest BCUT2D eigenvalue weighted by molar-refractivity contribution is 6.10. The van der Waals surface area contributed by atoms with Crippen molar-refractivity contribution in [1.29, 1.82) is 0 Å². The van der Waals surface area contributed by atoms with Crippen molar-refractivity contribution < 1.29 is 4.79 Å². The Labute approximate surface area is 139 Å². The fraction of sp³-hybridized carbons (Fsp3) is 0.0526. The minimum Gasteiger partial charge on any atom is -0.321 e. The normalized spacial score (nSPS) is 10.9. The van der Waals surface area contributed by atoms with E-state index >= 15 is 0 Å². The first-order chi connectivity index (χ1) is 11.7. The van der Waals surface area contributed by atoms with Crippen molar-refractivity contribution in [3.8, 4) is 5.82 Å². The van der Waals surface area contributed by atoms with Gasteiger partial charge in [0.2, 0.25) is 0 Å². The van der Waals surface area contributed by atoms with E-state index in [-0.39, 0.29) is 5.91 Å². The first-order valence-electron chi connectivity index (χ1n) is 7.68. The van der Waals surface area contributed by atoms with Crippen LogP contribution < -0.4 is 5.32 Å². The van der Waals surface area contributed by atoms with E-state index in [0.29, 0.717) is 5.56 Å². The molecule has 0 fully saturated rings. The minimum absolute atomic E-state index is 0.178. The highest BCUT2D eigenvalue weighted by Crippen LogP contribution is 2.24. The number of nitrogens with zero attached hydrogens (tertiary/aromatic N) is 3. The van der Waals surface area contributed by atoms with Crippen molar-refractivity contribution in [2.24, 2.45) is 7.05 Å². The third-order valence-corrected chi connectivity index (χ3v) is 4.04. The van der Waals surface area contributed by atoms with Crippen LogP contribution in [0.25, 0.3) is 16.6 Å².